The van der Waals surface area contributed by atoms with Crippen LogP contribution in [0, 0.1) is 37.0 Å². The van der Waals surface area contributed by atoms with Crippen molar-refractivity contribution in [2.45, 2.75) is 46.1 Å². The van der Waals surface area contributed by atoms with Gasteiger partial charge in [0.2, 0.25) is 0 Å². The second kappa shape index (κ2) is 11.3. The molecule has 2 aromatic carbocycles. The molecular formula is C33H39N3O5S. The molecule has 3 fully saturated rings. The Balaban J connectivity index is 1.14. The SMILES string of the molecule is Cc1ccc(OCc2ccc(C(=O)N(C)CC3(CO)CC3)cc2C)c(-c2csc(N3CC4CC[C@@H](C3)C4C(=O)O)n2)c1. The Morgan fingerprint density at radius 3 is 2.50 bits per heavy atom. The molecule has 1 saturated heterocycles. The molecule has 2 saturated carbocycles. The zero-order valence-corrected chi connectivity index (χ0v) is 25.3. The number of piperidine rings is 1. The van der Waals surface area contributed by atoms with E-state index >= 15 is 0 Å². The highest BCUT2D eigenvalue weighted by molar-refractivity contribution is 7.14. The van der Waals surface area contributed by atoms with Crippen molar-refractivity contribution in [3.8, 4) is 17.0 Å². The molecule has 9 heteroatoms. The Morgan fingerprint density at radius 1 is 1.12 bits per heavy atom. The number of rotatable bonds is 10. The van der Waals surface area contributed by atoms with Crippen LogP contribution in [0.2, 0.25) is 0 Å². The van der Waals surface area contributed by atoms with Crippen molar-refractivity contribution in [2.24, 2.45) is 23.2 Å². The highest BCUT2D eigenvalue weighted by Crippen LogP contribution is 2.46. The summed E-state index contributed by atoms with van der Waals surface area (Å²) in [5.74, 6) is 0.206. The summed E-state index contributed by atoms with van der Waals surface area (Å²) < 4.78 is 6.35. The van der Waals surface area contributed by atoms with Crippen LogP contribution in [0.25, 0.3) is 11.3 Å². The first-order chi connectivity index (χ1) is 20.2. The van der Waals surface area contributed by atoms with E-state index in [1.807, 2.05) is 37.3 Å². The summed E-state index contributed by atoms with van der Waals surface area (Å²) in [6.07, 6.45) is 3.88. The highest BCUT2D eigenvalue weighted by Gasteiger charge is 2.46. The van der Waals surface area contributed by atoms with E-state index < -0.39 is 5.97 Å². The maximum atomic E-state index is 13.0. The first kappa shape index (κ1) is 28.7. The Bertz CT molecular complexity index is 1480. The highest BCUT2D eigenvalue weighted by atomic mass is 32.1. The number of amides is 1. The summed E-state index contributed by atoms with van der Waals surface area (Å²) >= 11 is 1.60. The summed E-state index contributed by atoms with van der Waals surface area (Å²) in [4.78, 5) is 33.8. The van der Waals surface area contributed by atoms with Gasteiger partial charge in [0.1, 0.15) is 12.4 Å². The average molecular weight is 590 g/mol. The number of thiazole rings is 1. The third-order valence-electron chi connectivity index (χ3n) is 9.48. The van der Waals surface area contributed by atoms with Gasteiger partial charge in [0.25, 0.3) is 5.91 Å². The average Bonchev–Trinajstić information content (AvgIpc) is 3.46. The van der Waals surface area contributed by atoms with E-state index in [4.69, 9.17) is 9.72 Å². The fraction of sp³-hybridized carbons (Fsp3) is 0.485. The number of aliphatic carboxylic acids is 1. The lowest BCUT2D eigenvalue weighted by atomic mass is 9.85. The van der Waals surface area contributed by atoms with E-state index in [0.717, 1.165) is 77.6 Å². The van der Waals surface area contributed by atoms with Gasteiger partial charge in [-0.05, 0) is 86.8 Å². The van der Waals surface area contributed by atoms with Gasteiger partial charge in [-0.15, -0.1) is 11.3 Å². The zero-order valence-electron chi connectivity index (χ0n) is 24.5. The smallest absolute Gasteiger partial charge is 0.307 e. The third kappa shape index (κ3) is 5.64. The normalized spacial score (nSPS) is 22.2. The van der Waals surface area contributed by atoms with Crippen molar-refractivity contribution < 1.29 is 24.5 Å². The van der Waals surface area contributed by atoms with E-state index in [1.165, 1.54) is 0 Å². The Kier molecular flexibility index (Phi) is 7.74. The second-order valence-electron chi connectivity index (χ2n) is 12.6. The lowest BCUT2D eigenvalue weighted by molar-refractivity contribution is -0.144. The fourth-order valence-electron chi connectivity index (χ4n) is 6.77. The largest absolute Gasteiger partial charge is 0.488 e. The number of benzene rings is 2. The molecule has 1 aliphatic heterocycles. The molecule has 2 bridgehead atoms. The Hall–Kier alpha value is -3.43. The van der Waals surface area contributed by atoms with Crippen molar-refractivity contribution in [3.05, 3.63) is 64.0 Å². The number of nitrogens with zero attached hydrogens (tertiary/aromatic N) is 3. The first-order valence-corrected chi connectivity index (χ1v) is 15.7. The fourth-order valence-corrected chi connectivity index (χ4v) is 7.62. The number of carbonyl (C=O) groups excluding carboxylic acids is 1. The van der Waals surface area contributed by atoms with Crippen LogP contribution in [0.4, 0.5) is 5.13 Å². The molecule has 3 atom stereocenters. The quantitative estimate of drug-likeness (QED) is 0.327. The summed E-state index contributed by atoms with van der Waals surface area (Å²) in [6, 6.07) is 11.8. The molecule has 2 N–H and O–H groups in total. The van der Waals surface area contributed by atoms with Crippen molar-refractivity contribution in [1.29, 1.82) is 0 Å². The minimum atomic E-state index is -0.656. The van der Waals surface area contributed by atoms with Gasteiger partial charge in [0, 0.05) is 48.6 Å². The molecule has 3 aromatic rings. The van der Waals surface area contributed by atoms with Gasteiger partial charge in [-0.3, -0.25) is 9.59 Å². The van der Waals surface area contributed by atoms with Gasteiger partial charge in [-0.2, -0.15) is 0 Å². The molecule has 222 valence electrons. The molecule has 2 aliphatic carbocycles. The number of aliphatic hydroxyl groups excluding tert-OH is 1. The summed E-state index contributed by atoms with van der Waals surface area (Å²) in [6.45, 7) is 6.59. The van der Waals surface area contributed by atoms with Gasteiger partial charge in [0.05, 0.1) is 18.2 Å². The van der Waals surface area contributed by atoms with Gasteiger partial charge < -0.3 is 24.7 Å². The number of aryl methyl sites for hydroxylation is 2. The van der Waals surface area contributed by atoms with E-state index in [2.05, 4.69) is 23.3 Å². The molecular weight excluding hydrogens is 550 g/mol. The van der Waals surface area contributed by atoms with Gasteiger partial charge in [-0.1, -0.05) is 17.7 Å². The van der Waals surface area contributed by atoms with Crippen molar-refractivity contribution in [2.75, 3.05) is 38.2 Å². The number of aromatic nitrogens is 1. The molecule has 42 heavy (non-hydrogen) atoms. The molecule has 8 nitrogen and oxygen atoms in total. The van der Waals surface area contributed by atoms with E-state index in [0.29, 0.717) is 18.7 Å². The maximum absolute atomic E-state index is 13.0. The second-order valence-corrected chi connectivity index (χ2v) is 13.5. The molecule has 1 amide bonds. The van der Waals surface area contributed by atoms with Gasteiger partial charge in [0.15, 0.2) is 5.13 Å². The first-order valence-electron chi connectivity index (χ1n) is 14.8. The van der Waals surface area contributed by atoms with E-state index in [1.54, 1.807) is 23.3 Å². The standard InChI is InChI=1S/C33H39N3O5S/c1-20-4-9-28(41-16-25-8-5-22(13-21(25)2)30(38)35(3)18-33(19-37)10-11-33)26(12-20)27-17-42-32(34-27)36-14-23-6-7-24(15-36)29(23)31(39)40/h4-5,8-9,12-13,17,23-24,29,37H,6-7,10-11,14-16,18-19H2,1-3H3,(H,39,40)/t23-,24?,29?/m0/s1. The van der Waals surface area contributed by atoms with Crippen LogP contribution in [0.5, 0.6) is 5.75 Å². The number of hydrogen-bond acceptors (Lipinski definition) is 7. The number of carboxylic acid groups (broad SMARTS) is 1. The van der Waals surface area contributed by atoms with E-state index in [-0.39, 0.29) is 35.7 Å². The van der Waals surface area contributed by atoms with Crippen molar-refractivity contribution in [3.63, 3.8) is 0 Å². The van der Waals surface area contributed by atoms with Gasteiger partial charge >= 0.3 is 5.97 Å². The lowest BCUT2D eigenvalue weighted by Gasteiger charge is -2.35. The summed E-state index contributed by atoms with van der Waals surface area (Å²) in [5.41, 5.74) is 5.42. The van der Waals surface area contributed by atoms with Gasteiger partial charge in [-0.25, -0.2) is 4.98 Å². The van der Waals surface area contributed by atoms with Crippen LogP contribution in [-0.2, 0) is 11.4 Å². The van der Waals surface area contributed by atoms with Crippen molar-refractivity contribution >= 4 is 28.3 Å². The zero-order chi connectivity index (χ0) is 29.6. The molecule has 1 aromatic heterocycles. The monoisotopic (exact) mass is 589 g/mol. The molecule has 2 heterocycles. The predicted molar refractivity (Wildman–Crippen MR) is 163 cm³/mol. The third-order valence-corrected chi connectivity index (χ3v) is 10.4. The number of aliphatic hydroxyl groups is 1. The molecule has 6 rings (SSSR count). The van der Waals surface area contributed by atoms with Crippen molar-refractivity contribution in [1.82, 2.24) is 9.88 Å². The number of ether oxygens (including phenoxy) is 1. The van der Waals surface area contributed by atoms with Crippen LogP contribution in [-0.4, -0.2) is 65.3 Å². The predicted octanol–water partition coefficient (Wildman–Crippen LogP) is 5.40. The minimum Gasteiger partial charge on any atom is -0.488 e. The number of carbonyl (C=O) groups is 2. The molecule has 0 radical (unpaired) electrons. The maximum Gasteiger partial charge on any atom is 0.307 e. The summed E-state index contributed by atoms with van der Waals surface area (Å²) in [5, 5.41) is 22.3. The van der Waals surface area contributed by atoms with Crippen LogP contribution >= 0.6 is 11.3 Å². The molecule has 0 spiro atoms. The van der Waals surface area contributed by atoms with Crippen LogP contribution in [0.1, 0.15) is 52.7 Å². The van der Waals surface area contributed by atoms with Crippen LogP contribution in [0.15, 0.2) is 41.8 Å². The van der Waals surface area contributed by atoms with Crippen LogP contribution < -0.4 is 9.64 Å². The van der Waals surface area contributed by atoms with Crippen LogP contribution in [0.3, 0.4) is 0 Å². The number of anilines is 1. The molecule has 2 unspecified atom stereocenters. The summed E-state index contributed by atoms with van der Waals surface area (Å²) in [7, 11) is 1.80. The Morgan fingerprint density at radius 2 is 1.86 bits per heavy atom. The minimum absolute atomic E-state index is 0.0364. The number of carboxylic acids is 1. The van der Waals surface area contributed by atoms with E-state index in [9.17, 15) is 19.8 Å². The topological polar surface area (TPSA) is 103 Å². The number of hydrogen-bond donors (Lipinski definition) is 2. The lowest BCUT2D eigenvalue weighted by Crippen LogP contribution is -2.44. The number of fused-ring (bicyclic) bond motifs is 2. The Labute approximate surface area is 251 Å². The molecule has 3 aliphatic rings.